The summed E-state index contributed by atoms with van der Waals surface area (Å²) >= 11 is 0. The molecule has 0 aliphatic carbocycles. The van der Waals surface area contributed by atoms with E-state index in [1.807, 2.05) is 24.3 Å². The standard InChI is InChI=1S/C19H25FN2/c1-14-5-6-17(13-19(14)20)12-15(2)22-11-3-4-16-7-9-18(21)10-8-16/h5-10,13,15,22H,3-4,11-12,21H2,1-2H3. The number of nitrogen functional groups attached to an aromatic ring is 1. The molecule has 1 atom stereocenters. The van der Waals surface area contributed by atoms with Gasteiger partial charge in [-0.15, -0.1) is 0 Å². The molecule has 22 heavy (non-hydrogen) atoms. The Morgan fingerprint density at radius 1 is 1.09 bits per heavy atom. The van der Waals surface area contributed by atoms with Crippen LogP contribution in [0.4, 0.5) is 10.1 Å². The summed E-state index contributed by atoms with van der Waals surface area (Å²) < 4.78 is 13.5. The van der Waals surface area contributed by atoms with Gasteiger partial charge in [-0.25, -0.2) is 4.39 Å². The number of nitrogens with two attached hydrogens (primary N) is 1. The van der Waals surface area contributed by atoms with Crippen molar-refractivity contribution in [3.8, 4) is 0 Å². The predicted molar refractivity (Wildman–Crippen MR) is 91.5 cm³/mol. The molecular weight excluding hydrogens is 275 g/mol. The van der Waals surface area contributed by atoms with Crippen LogP contribution < -0.4 is 11.1 Å². The van der Waals surface area contributed by atoms with Gasteiger partial charge in [-0.2, -0.15) is 0 Å². The fraction of sp³-hybridized carbons (Fsp3) is 0.368. The van der Waals surface area contributed by atoms with Crippen LogP contribution in [0.5, 0.6) is 0 Å². The molecule has 3 heteroatoms. The van der Waals surface area contributed by atoms with Crippen molar-refractivity contribution in [3.63, 3.8) is 0 Å². The first-order valence-corrected chi connectivity index (χ1v) is 7.87. The number of nitrogens with one attached hydrogen (secondary N) is 1. The Bertz CT molecular complexity index is 593. The molecule has 0 aliphatic heterocycles. The Balaban J connectivity index is 1.70. The van der Waals surface area contributed by atoms with Gasteiger partial charge in [-0.3, -0.25) is 0 Å². The lowest BCUT2D eigenvalue weighted by atomic mass is 10.0. The molecular formula is C19H25FN2. The summed E-state index contributed by atoms with van der Waals surface area (Å²) in [5, 5.41) is 3.50. The third kappa shape index (κ3) is 5.15. The second-order valence-electron chi connectivity index (χ2n) is 5.99. The van der Waals surface area contributed by atoms with Crippen LogP contribution in [0, 0.1) is 12.7 Å². The molecule has 2 nitrogen and oxygen atoms in total. The fourth-order valence-electron chi connectivity index (χ4n) is 2.51. The normalized spacial score (nSPS) is 12.3. The van der Waals surface area contributed by atoms with Gasteiger partial charge in [0, 0.05) is 11.7 Å². The maximum absolute atomic E-state index is 13.5. The van der Waals surface area contributed by atoms with E-state index in [9.17, 15) is 4.39 Å². The van der Waals surface area contributed by atoms with Crippen LogP contribution in [-0.2, 0) is 12.8 Å². The van der Waals surface area contributed by atoms with Gasteiger partial charge in [0.1, 0.15) is 5.82 Å². The van der Waals surface area contributed by atoms with Crippen LogP contribution in [-0.4, -0.2) is 12.6 Å². The van der Waals surface area contributed by atoms with Gasteiger partial charge >= 0.3 is 0 Å². The molecule has 0 bridgehead atoms. The van der Waals surface area contributed by atoms with Crippen molar-refractivity contribution in [2.24, 2.45) is 0 Å². The zero-order chi connectivity index (χ0) is 15.9. The Labute approximate surface area is 132 Å². The van der Waals surface area contributed by atoms with Crippen molar-refractivity contribution >= 4 is 5.69 Å². The summed E-state index contributed by atoms with van der Waals surface area (Å²) in [6.45, 7) is 4.89. The molecule has 0 saturated carbocycles. The van der Waals surface area contributed by atoms with Gasteiger partial charge in [0.2, 0.25) is 0 Å². The van der Waals surface area contributed by atoms with Gasteiger partial charge in [0.15, 0.2) is 0 Å². The van der Waals surface area contributed by atoms with E-state index in [2.05, 4.69) is 24.4 Å². The number of aryl methyl sites for hydroxylation is 2. The third-order valence-corrected chi connectivity index (χ3v) is 3.89. The van der Waals surface area contributed by atoms with Crippen LogP contribution in [0.1, 0.15) is 30.0 Å². The van der Waals surface area contributed by atoms with Crippen LogP contribution in [0.25, 0.3) is 0 Å². The van der Waals surface area contributed by atoms with Gasteiger partial charge in [0.25, 0.3) is 0 Å². The quantitative estimate of drug-likeness (QED) is 0.602. The van der Waals surface area contributed by atoms with Crippen molar-refractivity contribution in [2.75, 3.05) is 12.3 Å². The maximum Gasteiger partial charge on any atom is 0.126 e. The predicted octanol–water partition coefficient (Wildman–Crippen LogP) is 3.87. The van der Waals surface area contributed by atoms with Crippen LogP contribution in [0.3, 0.4) is 0 Å². The van der Waals surface area contributed by atoms with E-state index >= 15 is 0 Å². The number of benzene rings is 2. The van der Waals surface area contributed by atoms with Crippen molar-refractivity contribution in [2.45, 2.75) is 39.2 Å². The van der Waals surface area contributed by atoms with E-state index in [0.29, 0.717) is 11.6 Å². The van der Waals surface area contributed by atoms with Crippen molar-refractivity contribution < 1.29 is 4.39 Å². The Morgan fingerprint density at radius 3 is 2.45 bits per heavy atom. The second kappa shape index (κ2) is 7.95. The highest BCUT2D eigenvalue weighted by molar-refractivity contribution is 5.39. The average molecular weight is 300 g/mol. The third-order valence-electron chi connectivity index (χ3n) is 3.89. The van der Waals surface area contributed by atoms with E-state index in [0.717, 1.165) is 37.1 Å². The first kappa shape index (κ1) is 16.5. The van der Waals surface area contributed by atoms with Crippen LogP contribution >= 0.6 is 0 Å². The molecule has 3 N–H and O–H groups in total. The lowest BCUT2D eigenvalue weighted by molar-refractivity contribution is 0.531. The molecule has 0 heterocycles. The number of hydrogen-bond acceptors (Lipinski definition) is 2. The Kier molecular flexibility index (Phi) is 5.96. The largest absolute Gasteiger partial charge is 0.399 e. The average Bonchev–Trinajstić information content (AvgIpc) is 2.49. The monoisotopic (exact) mass is 300 g/mol. The molecule has 118 valence electrons. The van der Waals surface area contributed by atoms with Gasteiger partial charge in [-0.1, -0.05) is 24.3 Å². The van der Waals surface area contributed by atoms with E-state index in [-0.39, 0.29) is 5.82 Å². The Morgan fingerprint density at radius 2 is 1.77 bits per heavy atom. The molecule has 0 amide bonds. The number of halogens is 1. The van der Waals surface area contributed by atoms with Crippen LogP contribution in [0.2, 0.25) is 0 Å². The molecule has 0 saturated heterocycles. The zero-order valence-corrected chi connectivity index (χ0v) is 13.4. The highest BCUT2D eigenvalue weighted by atomic mass is 19.1. The molecule has 0 aliphatic rings. The smallest absolute Gasteiger partial charge is 0.126 e. The second-order valence-corrected chi connectivity index (χ2v) is 5.99. The van der Waals surface area contributed by atoms with E-state index in [4.69, 9.17) is 5.73 Å². The highest BCUT2D eigenvalue weighted by Crippen LogP contribution is 2.11. The molecule has 0 spiro atoms. The maximum atomic E-state index is 13.5. The fourth-order valence-corrected chi connectivity index (χ4v) is 2.51. The SMILES string of the molecule is Cc1ccc(CC(C)NCCCc2ccc(N)cc2)cc1F. The first-order chi connectivity index (χ1) is 10.5. The molecule has 0 radical (unpaired) electrons. The lowest BCUT2D eigenvalue weighted by Gasteiger charge is -2.14. The summed E-state index contributed by atoms with van der Waals surface area (Å²) in [5.41, 5.74) is 9.54. The summed E-state index contributed by atoms with van der Waals surface area (Å²) in [6.07, 6.45) is 2.97. The number of rotatable bonds is 7. The zero-order valence-electron chi connectivity index (χ0n) is 13.4. The summed E-state index contributed by atoms with van der Waals surface area (Å²) in [6, 6.07) is 13.9. The summed E-state index contributed by atoms with van der Waals surface area (Å²) in [7, 11) is 0. The van der Waals surface area contributed by atoms with E-state index in [1.54, 1.807) is 13.0 Å². The van der Waals surface area contributed by atoms with Crippen LogP contribution in [0.15, 0.2) is 42.5 Å². The number of hydrogen-bond donors (Lipinski definition) is 2. The molecule has 2 aromatic rings. The van der Waals surface area contributed by atoms with Crippen molar-refractivity contribution in [1.29, 1.82) is 0 Å². The number of anilines is 1. The van der Waals surface area contributed by atoms with Crippen molar-refractivity contribution in [3.05, 3.63) is 65.0 Å². The van der Waals surface area contributed by atoms with E-state index < -0.39 is 0 Å². The minimum absolute atomic E-state index is 0.118. The molecule has 2 rings (SSSR count). The molecule has 2 aromatic carbocycles. The molecule has 0 fully saturated rings. The first-order valence-electron chi connectivity index (χ1n) is 7.87. The molecule has 1 unspecified atom stereocenters. The van der Waals surface area contributed by atoms with E-state index in [1.165, 1.54) is 5.56 Å². The van der Waals surface area contributed by atoms with Gasteiger partial charge in [0.05, 0.1) is 0 Å². The lowest BCUT2D eigenvalue weighted by Crippen LogP contribution is -2.29. The Hall–Kier alpha value is -1.87. The van der Waals surface area contributed by atoms with Gasteiger partial charge in [-0.05, 0) is 74.5 Å². The minimum atomic E-state index is -0.118. The van der Waals surface area contributed by atoms with Gasteiger partial charge < -0.3 is 11.1 Å². The van der Waals surface area contributed by atoms with Crippen molar-refractivity contribution in [1.82, 2.24) is 5.32 Å². The summed E-state index contributed by atoms with van der Waals surface area (Å²) in [5.74, 6) is -0.118. The topological polar surface area (TPSA) is 38.0 Å². The highest BCUT2D eigenvalue weighted by Gasteiger charge is 2.05. The molecule has 0 aromatic heterocycles. The summed E-state index contributed by atoms with van der Waals surface area (Å²) in [4.78, 5) is 0. The minimum Gasteiger partial charge on any atom is -0.399 e.